The van der Waals surface area contributed by atoms with Crippen LogP contribution in [0, 0.1) is 0 Å². The number of rotatable bonds is 4. The number of aliphatic carboxylic acids is 1. The Morgan fingerprint density at radius 1 is 1.48 bits per heavy atom. The van der Waals surface area contributed by atoms with E-state index in [9.17, 15) is 14.7 Å². The Balaban J connectivity index is 2.11. The highest BCUT2D eigenvalue weighted by Crippen LogP contribution is 2.47. The number of benzene rings is 1. The lowest BCUT2D eigenvalue weighted by Gasteiger charge is -2.40. The summed E-state index contributed by atoms with van der Waals surface area (Å²) < 4.78 is 5.54. The van der Waals surface area contributed by atoms with E-state index in [1.54, 1.807) is 18.2 Å². The number of β-lactam (4-membered cyclic amide) rings is 1. The van der Waals surface area contributed by atoms with E-state index in [4.69, 9.17) is 33.0 Å². The van der Waals surface area contributed by atoms with Crippen molar-refractivity contribution >= 4 is 35.1 Å². The predicted octanol–water partition coefficient (Wildman–Crippen LogP) is 1.82. The van der Waals surface area contributed by atoms with Gasteiger partial charge in [-0.15, -0.1) is 0 Å². The van der Waals surface area contributed by atoms with Crippen LogP contribution in [0.2, 0.25) is 10.0 Å². The van der Waals surface area contributed by atoms with Crippen molar-refractivity contribution < 1.29 is 24.5 Å². The van der Waals surface area contributed by atoms with Crippen LogP contribution in [0.25, 0.3) is 0 Å². The van der Waals surface area contributed by atoms with Crippen LogP contribution in [0.1, 0.15) is 12.0 Å². The summed E-state index contributed by atoms with van der Waals surface area (Å²) in [4.78, 5) is 25.2. The topological polar surface area (TPSA) is 87.1 Å². The Morgan fingerprint density at radius 3 is 2.83 bits per heavy atom. The van der Waals surface area contributed by atoms with Gasteiger partial charge in [0, 0.05) is 6.42 Å². The number of hydrogen-bond acceptors (Lipinski definition) is 4. The molecular weight excluding hydrogens is 345 g/mol. The number of halogens is 2. The van der Waals surface area contributed by atoms with Crippen LogP contribution in [0.5, 0.6) is 0 Å². The number of hydrogen-bond donors (Lipinski definition) is 2. The molecule has 0 aliphatic carbocycles. The van der Waals surface area contributed by atoms with Crippen LogP contribution in [0.4, 0.5) is 0 Å². The molecule has 0 spiro atoms. The second-order valence-corrected chi connectivity index (χ2v) is 6.13. The molecule has 122 valence electrons. The molecule has 0 bridgehead atoms. The van der Waals surface area contributed by atoms with Crippen molar-refractivity contribution in [3.63, 3.8) is 0 Å². The quantitative estimate of drug-likeness (QED) is 0.802. The number of nitrogens with zero attached hydrogens (tertiary/aromatic N) is 1. The fourth-order valence-corrected chi connectivity index (χ4v) is 3.41. The largest absolute Gasteiger partial charge is 0.479 e. The van der Waals surface area contributed by atoms with Crippen LogP contribution >= 0.6 is 23.2 Å². The van der Waals surface area contributed by atoms with Crippen molar-refractivity contribution in [3.8, 4) is 0 Å². The van der Waals surface area contributed by atoms with E-state index < -0.39 is 24.3 Å². The maximum Gasteiger partial charge on any atom is 0.338 e. The first-order chi connectivity index (χ1) is 10.9. The number of ether oxygens (including phenoxy) is 1. The van der Waals surface area contributed by atoms with E-state index in [0.717, 1.165) is 0 Å². The zero-order valence-corrected chi connectivity index (χ0v) is 13.3. The zero-order chi connectivity index (χ0) is 16.8. The zero-order valence-electron chi connectivity index (χ0n) is 11.8. The molecule has 1 aromatic rings. The van der Waals surface area contributed by atoms with Gasteiger partial charge in [0.1, 0.15) is 5.76 Å². The summed E-state index contributed by atoms with van der Waals surface area (Å²) in [7, 11) is 0. The van der Waals surface area contributed by atoms with Gasteiger partial charge in [-0.1, -0.05) is 35.3 Å². The van der Waals surface area contributed by atoms with Crippen molar-refractivity contribution in [1.82, 2.24) is 4.90 Å². The molecule has 1 aromatic carbocycles. The lowest BCUT2D eigenvalue weighted by Crippen LogP contribution is -2.63. The van der Waals surface area contributed by atoms with E-state index in [1.807, 2.05) is 0 Å². The van der Waals surface area contributed by atoms with Gasteiger partial charge in [-0.25, -0.2) is 4.79 Å². The van der Waals surface area contributed by atoms with E-state index in [1.165, 1.54) is 11.0 Å². The van der Waals surface area contributed by atoms with Gasteiger partial charge in [0.05, 0.1) is 23.1 Å². The van der Waals surface area contributed by atoms with E-state index in [2.05, 4.69) is 0 Å². The first kappa shape index (κ1) is 16.1. The highest BCUT2D eigenvalue weighted by atomic mass is 35.5. The van der Waals surface area contributed by atoms with Crippen LogP contribution in [-0.2, 0) is 20.7 Å². The molecule has 0 radical (unpaired) electrons. The van der Waals surface area contributed by atoms with Crippen LogP contribution in [0.3, 0.4) is 0 Å². The first-order valence-corrected chi connectivity index (χ1v) is 7.64. The molecule has 0 aromatic heterocycles. The summed E-state index contributed by atoms with van der Waals surface area (Å²) in [6.45, 7) is -0.400. The third-order valence-electron chi connectivity index (χ3n) is 4.10. The number of carboxylic acid groups (broad SMARTS) is 1. The van der Waals surface area contributed by atoms with Crippen molar-refractivity contribution in [1.29, 1.82) is 0 Å². The lowest BCUT2D eigenvalue weighted by atomic mass is 9.85. The fourth-order valence-electron chi connectivity index (χ4n) is 3.02. The molecule has 3 rings (SSSR count). The standard InChI is InChI=1S/C15H13Cl2NO5/c16-9-3-1-2-8(13(9)17)7-15(14(21)22)10(4-5-19)23-12-6-11(20)18(12)15/h1-4,12,19H,5-7H2,(H,21,22)/b10-4-/t12-,15-/m1/s1. The molecule has 2 fully saturated rings. The average molecular weight is 358 g/mol. The summed E-state index contributed by atoms with van der Waals surface area (Å²) in [5, 5.41) is 19.5. The molecule has 23 heavy (non-hydrogen) atoms. The lowest BCUT2D eigenvalue weighted by molar-refractivity contribution is -0.170. The summed E-state index contributed by atoms with van der Waals surface area (Å²) in [6, 6.07) is 4.89. The minimum absolute atomic E-state index is 0.0411. The average Bonchev–Trinajstić information content (AvgIpc) is 2.73. The molecule has 2 aliphatic heterocycles. The summed E-state index contributed by atoms with van der Waals surface area (Å²) in [5.74, 6) is -1.53. The Hall–Kier alpha value is -1.76. The second-order valence-electron chi connectivity index (χ2n) is 5.35. The first-order valence-electron chi connectivity index (χ1n) is 6.88. The van der Waals surface area contributed by atoms with E-state index in [0.29, 0.717) is 10.6 Å². The number of aliphatic hydroxyl groups is 1. The molecule has 1 amide bonds. The number of aliphatic hydroxyl groups excluding tert-OH is 1. The maximum absolute atomic E-state index is 12.1. The van der Waals surface area contributed by atoms with Crippen LogP contribution < -0.4 is 0 Å². The second kappa shape index (κ2) is 5.70. The minimum atomic E-state index is -1.73. The maximum atomic E-state index is 12.1. The molecule has 2 atom stereocenters. The normalized spacial score (nSPS) is 27.6. The van der Waals surface area contributed by atoms with Gasteiger partial charge in [0.2, 0.25) is 11.4 Å². The summed E-state index contributed by atoms with van der Waals surface area (Å²) in [6.07, 6.45) is 0.643. The van der Waals surface area contributed by atoms with Crippen molar-refractivity contribution in [2.24, 2.45) is 0 Å². The van der Waals surface area contributed by atoms with Gasteiger partial charge in [0.15, 0.2) is 6.23 Å². The van der Waals surface area contributed by atoms with Gasteiger partial charge in [-0.2, -0.15) is 0 Å². The van der Waals surface area contributed by atoms with Crippen molar-refractivity contribution in [2.45, 2.75) is 24.6 Å². The highest BCUT2D eigenvalue weighted by molar-refractivity contribution is 6.42. The van der Waals surface area contributed by atoms with Crippen LogP contribution in [0.15, 0.2) is 30.0 Å². The Labute approximate surface area is 141 Å². The van der Waals surface area contributed by atoms with Crippen LogP contribution in [-0.4, -0.2) is 45.4 Å². The third-order valence-corrected chi connectivity index (χ3v) is 4.95. The Bertz CT molecular complexity index is 720. The minimum Gasteiger partial charge on any atom is -0.479 e. The van der Waals surface area contributed by atoms with E-state index in [-0.39, 0.29) is 29.5 Å². The Morgan fingerprint density at radius 2 is 2.22 bits per heavy atom. The molecular formula is C15H13Cl2NO5. The molecule has 0 unspecified atom stereocenters. The molecule has 6 nitrogen and oxygen atoms in total. The van der Waals surface area contributed by atoms with Crippen molar-refractivity contribution in [3.05, 3.63) is 45.6 Å². The summed E-state index contributed by atoms with van der Waals surface area (Å²) in [5.41, 5.74) is -1.24. The highest BCUT2D eigenvalue weighted by Gasteiger charge is 2.64. The van der Waals surface area contributed by atoms with Gasteiger partial charge >= 0.3 is 5.97 Å². The van der Waals surface area contributed by atoms with Gasteiger partial charge in [0.25, 0.3) is 0 Å². The van der Waals surface area contributed by atoms with E-state index >= 15 is 0 Å². The number of amides is 1. The SMILES string of the molecule is O=C1C[C@H]2O/C(=C\CO)[C@](Cc3cccc(Cl)c3Cl)(C(=O)O)N12. The fraction of sp³-hybridized carbons (Fsp3) is 0.333. The van der Waals surface area contributed by atoms with Gasteiger partial charge < -0.3 is 14.9 Å². The summed E-state index contributed by atoms with van der Waals surface area (Å²) >= 11 is 12.1. The third kappa shape index (κ3) is 2.29. The predicted molar refractivity (Wildman–Crippen MR) is 82.0 cm³/mol. The molecule has 2 N–H and O–H groups in total. The molecule has 2 heterocycles. The smallest absolute Gasteiger partial charge is 0.338 e. The molecule has 2 aliphatic rings. The van der Waals surface area contributed by atoms with Gasteiger partial charge in [-0.05, 0) is 17.7 Å². The Kier molecular flexibility index (Phi) is 4.00. The number of fused-ring (bicyclic) bond motifs is 1. The molecule has 2 saturated heterocycles. The molecule has 8 heteroatoms. The number of carbonyl (C=O) groups is 2. The van der Waals surface area contributed by atoms with Gasteiger partial charge in [-0.3, -0.25) is 9.69 Å². The monoisotopic (exact) mass is 357 g/mol. The van der Waals surface area contributed by atoms with Crippen molar-refractivity contribution in [2.75, 3.05) is 6.61 Å². The number of carbonyl (C=O) groups excluding carboxylic acids is 1. The molecule has 0 saturated carbocycles. The number of carboxylic acids is 1.